The topological polar surface area (TPSA) is 75.5 Å². The van der Waals surface area contributed by atoms with Gasteiger partial charge in [0, 0.05) is 30.8 Å². The molecular formula is C17H23N3O3. The molecule has 2 fully saturated rings. The number of benzene rings is 1. The Bertz CT molecular complexity index is 611. The fourth-order valence-corrected chi connectivity index (χ4v) is 3.65. The summed E-state index contributed by atoms with van der Waals surface area (Å²) in [4.78, 5) is 25.4. The largest absolute Gasteiger partial charge is 0.366 e. The number of nitro benzene ring substituents is 1. The molecule has 1 saturated carbocycles. The highest BCUT2D eigenvalue weighted by Gasteiger charge is 2.27. The van der Waals surface area contributed by atoms with Crippen LogP contribution in [0.4, 0.5) is 11.4 Å². The molecule has 124 valence electrons. The van der Waals surface area contributed by atoms with Gasteiger partial charge in [0.25, 0.3) is 11.6 Å². The molecule has 1 amide bonds. The van der Waals surface area contributed by atoms with Gasteiger partial charge in [-0.3, -0.25) is 14.9 Å². The van der Waals surface area contributed by atoms with Crippen LogP contribution in [-0.2, 0) is 0 Å². The molecule has 0 bridgehead atoms. The van der Waals surface area contributed by atoms with Crippen LogP contribution in [0.5, 0.6) is 0 Å². The van der Waals surface area contributed by atoms with Gasteiger partial charge < -0.3 is 10.2 Å². The molecule has 1 aliphatic carbocycles. The summed E-state index contributed by atoms with van der Waals surface area (Å²) in [5, 5.41) is 14.4. The van der Waals surface area contributed by atoms with Gasteiger partial charge in [0.05, 0.1) is 4.92 Å². The Morgan fingerprint density at radius 1 is 1.26 bits per heavy atom. The molecule has 2 unspecified atom stereocenters. The quantitative estimate of drug-likeness (QED) is 0.684. The van der Waals surface area contributed by atoms with E-state index < -0.39 is 0 Å². The molecule has 1 heterocycles. The van der Waals surface area contributed by atoms with Crippen molar-refractivity contribution in [1.82, 2.24) is 5.32 Å². The van der Waals surface area contributed by atoms with Gasteiger partial charge in [-0.2, -0.15) is 0 Å². The summed E-state index contributed by atoms with van der Waals surface area (Å²) >= 11 is 0. The monoisotopic (exact) mass is 317 g/mol. The van der Waals surface area contributed by atoms with Crippen molar-refractivity contribution in [3.63, 3.8) is 0 Å². The van der Waals surface area contributed by atoms with Crippen LogP contribution in [0.1, 0.15) is 49.4 Å². The van der Waals surface area contributed by atoms with E-state index in [0.29, 0.717) is 17.2 Å². The fourth-order valence-electron chi connectivity index (χ4n) is 3.65. The summed E-state index contributed by atoms with van der Waals surface area (Å²) < 4.78 is 0. The lowest BCUT2D eigenvalue weighted by Crippen LogP contribution is -2.36. The van der Waals surface area contributed by atoms with E-state index in [0.717, 1.165) is 45.2 Å². The Morgan fingerprint density at radius 2 is 2.00 bits per heavy atom. The predicted octanol–water partition coefficient (Wildman–Crippen LogP) is 3.11. The van der Waals surface area contributed by atoms with Crippen molar-refractivity contribution in [1.29, 1.82) is 0 Å². The molecule has 1 aliphatic heterocycles. The Morgan fingerprint density at radius 3 is 2.61 bits per heavy atom. The Balaban J connectivity index is 1.81. The minimum Gasteiger partial charge on any atom is -0.366 e. The second kappa shape index (κ2) is 6.56. The number of carbonyl (C=O) groups excluding carboxylic acids is 1. The zero-order chi connectivity index (χ0) is 16.4. The maximum absolute atomic E-state index is 12.4. The predicted molar refractivity (Wildman–Crippen MR) is 88.8 cm³/mol. The maximum atomic E-state index is 12.4. The number of anilines is 1. The van der Waals surface area contributed by atoms with Crippen LogP contribution in [0.15, 0.2) is 18.2 Å². The number of nitrogens with zero attached hydrogens (tertiary/aromatic N) is 2. The SMILES string of the molecule is CC1CCCC1NC(=O)c1ccc(N2CCCC2)c([N+](=O)[O-])c1. The zero-order valence-electron chi connectivity index (χ0n) is 13.5. The second-order valence-electron chi connectivity index (χ2n) is 6.64. The molecule has 1 aromatic carbocycles. The van der Waals surface area contributed by atoms with Crippen LogP contribution in [0.2, 0.25) is 0 Å². The van der Waals surface area contributed by atoms with E-state index in [9.17, 15) is 14.9 Å². The molecule has 0 spiro atoms. The lowest BCUT2D eigenvalue weighted by molar-refractivity contribution is -0.384. The standard InChI is InChI=1S/C17H23N3O3/c1-12-5-4-6-14(12)18-17(21)13-7-8-15(16(11-13)20(22)23)19-9-2-3-10-19/h7-8,11-12,14H,2-6,9-10H2,1H3,(H,18,21). The Labute approximate surface area is 136 Å². The van der Waals surface area contributed by atoms with Crippen molar-refractivity contribution in [3.05, 3.63) is 33.9 Å². The number of hydrogen-bond acceptors (Lipinski definition) is 4. The maximum Gasteiger partial charge on any atom is 0.293 e. The lowest BCUT2D eigenvalue weighted by atomic mass is 10.1. The van der Waals surface area contributed by atoms with Crippen molar-refractivity contribution in [2.24, 2.45) is 5.92 Å². The number of carbonyl (C=O) groups is 1. The average Bonchev–Trinajstić information content (AvgIpc) is 3.19. The van der Waals surface area contributed by atoms with Gasteiger partial charge in [0.15, 0.2) is 0 Å². The fraction of sp³-hybridized carbons (Fsp3) is 0.588. The van der Waals surface area contributed by atoms with Gasteiger partial charge in [0.2, 0.25) is 0 Å². The Kier molecular flexibility index (Phi) is 4.50. The average molecular weight is 317 g/mol. The summed E-state index contributed by atoms with van der Waals surface area (Å²) in [5.41, 5.74) is 1.02. The molecule has 2 atom stereocenters. The molecule has 1 aromatic rings. The molecule has 0 radical (unpaired) electrons. The zero-order valence-corrected chi connectivity index (χ0v) is 13.5. The van der Waals surface area contributed by atoms with E-state index in [1.807, 2.05) is 4.90 Å². The molecule has 1 N–H and O–H groups in total. The number of rotatable bonds is 4. The highest BCUT2D eigenvalue weighted by atomic mass is 16.6. The summed E-state index contributed by atoms with van der Waals surface area (Å²) in [7, 11) is 0. The van der Waals surface area contributed by atoms with E-state index in [4.69, 9.17) is 0 Å². The van der Waals surface area contributed by atoms with Gasteiger partial charge in [-0.05, 0) is 43.7 Å². The number of amides is 1. The molecule has 1 saturated heterocycles. The summed E-state index contributed by atoms with van der Waals surface area (Å²) in [6.07, 6.45) is 5.35. The normalized spacial score (nSPS) is 24.0. The van der Waals surface area contributed by atoms with Crippen molar-refractivity contribution in [2.75, 3.05) is 18.0 Å². The van der Waals surface area contributed by atoms with Crippen LogP contribution < -0.4 is 10.2 Å². The number of nitrogens with one attached hydrogen (secondary N) is 1. The highest BCUT2D eigenvalue weighted by molar-refractivity contribution is 5.96. The number of nitro groups is 1. The number of hydrogen-bond donors (Lipinski definition) is 1. The van der Waals surface area contributed by atoms with Crippen LogP contribution >= 0.6 is 0 Å². The lowest BCUT2D eigenvalue weighted by Gasteiger charge is -2.19. The van der Waals surface area contributed by atoms with E-state index in [-0.39, 0.29) is 22.6 Å². The smallest absolute Gasteiger partial charge is 0.293 e. The molecule has 6 nitrogen and oxygen atoms in total. The second-order valence-corrected chi connectivity index (χ2v) is 6.64. The van der Waals surface area contributed by atoms with E-state index >= 15 is 0 Å². The minimum absolute atomic E-state index is 0.0269. The van der Waals surface area contributed by atoms with Crippen LogP contribution in [0.25, 0.3) is 0 Å². The van der Waals surface area contributed by atoms with Gasteiger partial charge >= 0.3 is 0 Å². The Hall–Kier alpha value is -2.11. The first kappa shape index (κ1) is 15.8. The summed E-state index contributed by atoms with van der Waals surface area (Å²) in [5.74, 6) is 0.262. The van der Waals surface area contributed by atoms with Crippen molar-refractivity contribution in [3.8, 4) is 0 Å². The van der Waals surface area contributed by atoms with Crippen LogP contribution in [0, 0.1) is 16.0 Å². The summed E-state index contributed by atoms with van der Waals surface area (Å²) in [6.45, 7) is 3.81. The third-order valence-electron chi connectivity index (χ3n) is 5.06. The van der Waals surface area contributed by atoms with E-state index in [1.54, 1.807) is 12.1 Å². The highest BCUT2D eigenvalue weighted by Crippen LogP contribution is 2.32. The molecule has 2 aliphatic rings. The van der Waals surface area contributed by atoms with Gasteiger partial charge in [-0.1, -0.05) is 13.3 Å². The third kappa shape index (κ3) is 3.30. The van der Waals surface area contributed by atoms with Crippen molar-refractivity contribution < 1.29 is 9.72 Å². The molecule has 0 aromatic heterocycles. The van der Waals surface area contributed by atoms with Crippen molar-refractivity contribution >= 4 is 17.3 Å². The molecule has 23 heavy (non-hydrogen) atoms. The first-order valence-electron chi connectivity index (χ1n) is 8.40. The van der Waals surface area contributed by atoms with Crippen LogP contribution in [-0.4, -0.2) is 30.0 Å². The third-order valence-corrected chi connectivity index (χ3v) is 5.06. The molecular weight excluding hydrogens is 294 g/mol. The summed E-state index contributed by atoms with van der Waals surface area (Å²) in [6, 6.07) is 5.02. The first-order chi connectivity index (χ1) is 11.1. The van der Waals surface area contributed by atoms with E-state index in [2.05, 4.69) is 12.2 Å². The van der Waals surface area contributed by atoms with Gasteiger partial charge in [0.1, 0.15) is 5.69 Å². The van der Waals surface area contributed by atoms with Gasteiger partial charge in [-0.15, -0.1) is 0 Å². The van der Waals surface area contributed by atoms with Gasteiger partial charge in [-0.25, -0.2) is 0 Å². The molecule has 6 heteroatoms. The first-order valence-corrected chi connectivity index (χ1v) is 8.40. The van der Waals surface area contributed by atoms with E-state index in [1.165, 1.54) is 6.07 Å². The van der Waals surface area contributed by atoms with Crippen LogP contribution in [0.3, 0.4) is 0 Å². The molecule has 3 rings (SSSR count). The van der Waals surface area contributed by atoms with Crippen molar-refractivity contribution in [2.45, 2.75) is 45.1 Å². The minimum atomic E-state index is -0.386.